The molecule has 0 saturated carbocycles. The van der Waals surface area contributed by atoms with Gasteiger partial charge >= 0.3 is 5.97 Å². The third-order valence-electron chi connectivity index (χ3n) is 17.3. The number of rotatable bonds is 20. The molecule has 4 saturated heterocycles. The van der Waals surface area contributed by atoms with E-state index in [9.17, 15) is 90.4 Å². The summed E-state index contributed by atoms with van der Waals surface area (Å²) in [5, 5.41) is 159. The molecule has 38 heteroatoms. The molecule has 6 amide bonds. The van der Waals surface area contributed by atoms with Crippen molar-refractivity contribution in [2.75, 3.05) is 46.1 Å². The molecule has 0 radical (unpaired) electrons. The Morgan fingerprint density at radius 1 is 0.598 bits per heavy atom. The molecule has 538 valence electrons. The number of benzene rings is 2. The topological polar surface area (TPSA) is 602 Å². The minimum atomic E-state index is -2.36. The summed E-state index contributed by atoms with van der Waals surface area (Å²) in [5.41, 5.74) is 12.8. The highest BCUT2D eigenvalue weighted by Crippen LogP contribution is 2.33. The lowest BCUT2D eigenvalue weighted by Gasteiger charge is -2.46. The summed E-state index contributed by atoms with van der Waals surface area (Å²) in [6, 6.07) is 0.733. The molecule has 2 aromatic carbocycles. The number of carbonyl (C=O) groups excluding carboxylic acids is 7. The lowest BCUT2D eigenvalue weighted by molar-refractivity contribution is -0.353. The maximum absolute atomic E-state index is 15.2. The zero-order chi connectivity index (χ0) is 70.9. The third kappa shape index (κ3) is 17.6. The number of hydrogen-bond donors (Lipinski definition) is 22. The Hall–Kier alpha value is -7.61. The second-order valence-electron chi connectivity index (χ2n) is 24.6. The summed E-state index contributed by atoms with van der Waals surface area (Å²) in [7, 11) is 0. The van der Waals surface area contributed by atoms with E-state index in [0.29, 0.717) is 5.56 Å². The van der Waals surface area contributed by atoms with Crippen molar-refractivity contribution >= 4 is 53.3 Å². The Bertz CT molecular complexity index is 3100. The predicted molar refractivity (Wildman–Crippen MR) is 326 cm³/mol. The fraction of sp³-hybridized carbons (Fsp3) is 0.644. The molecule has 0 aromatic heterocycles. The fourth-order valence-electron chi connectivity index (χ4n) is 11.8. The third-order valence-corrected chi connectivity index (χ3v) is 17.3. The van der Waals surface area contributed by atoms with Crippen LogP contribution in [0.3, 0.4) is 0 Å². The van der Waals surface area contributed by atoms with E-state index < -0.39 is 246 Å². The highest BCUT2D eigenvalue weighted by molar-refractivity contribution is 5.98. The summed E-state index contributed by atoms with van der Waals surface area (Å²) >= 11 is 0. The Morgan fingerprint density at radius 3 is 1.81 bits per heavy atom. The standard InChI is InChI=1S/C59H86N12O26/c1-22(2)13-35(77)96-49-44(83)42(81)32(20-74)94-57(49)97-48-33(21-75)95-56(47(86)45(48)84)92-26-11-9-24(10-12-26)14-27-51(88)69-37(39(78)28-15-63-58(60)67-28)54(91)70-38(40(79)30-16-64-59(61)71(30)55-46(85)43(82)41(80)31(19-73)93-55)53(90)66-29(18-72)50(87)62-17-34(76)68-36(52(89)65-27)23(3)25-7-5-4-6-8-25/h4-12,22-23,27-33,36-49,55-57,72-75,78-86H,13-21H2,1-3H3,(H2,61,64)(H,62,87)(H,65,89)(H,66,90)(H,68,76)(H,69,88)(H,70,91)(H3,60,63,67)/t23-,27+,28-,29-,30-,31+,32+,33+,36-,37+,38+,39-,40-,41+,42+,43-,44-,45+,46-,47-,48+,49-,55-,56-,57+/m0/s1. The van der Waals surface area contributed by atoms with E-state index in [0.717, 1.165) is 4.90 Å². The second kappa shape index (κ2) is 33.3. The van der Waals surface area contributed by atoms with Gasteiger partial charge in [-0.15, -0.1) is 0 Å². The number of hydrogen-bond acceptors (Lipinski definition) is 32. The monoisotopic (exact) mass is 1380 g/mol. The van der Waals surface area contributed by atoms with Crippen LogP contribution in [-0.2, 0) is 63.7 Å². The van der Waals surface area contributed by atoms with Gasteiger partial charge in [0.2, 0.25) is 41.7 Å². The van der Waals surface area contributed by atoms with Gasteiger partial charge in [-0.25, -0.2) is 0 Å². The van der Waals surface area contributed by atoms with E-state index in [1.54, 1.807) is 51.1 Å². The zero-order valence-electron chi connectivity index (χ0n) is 52.7. The van der Waals surface area contributed by atoms with E-state index >= 15 is 9.59 Å². The van der Waals surface area contributed by atoms with Gasteiger partial charge < -0.3 is 148 Å². The average molecular weight is 1380 g/mol. The number of nitrogens with two attached hydrogens (primary N) is 2. The van der Waals surface area contributed by atoms with Crippen molar-refractivity contribution in [2.45, 2.75) is 186 Å². The van der Waals surface area contributed by atoms with Crippen LogP contribution in [0.5, 0.6) is 5.75 Å². The summed E-state index contributed by atoms with van der Waals surface area (Å²) in [5.74, 6) is -10.1. The van der Waals surface area contributed by atoms with E-state index in [1.165, 1.54) is 24.3 Å². The van der Waals surface area contributed by atoms with Crippen molar-refractivity contribution in [2.24, 2.45) is 27.4 Å². The summed E-state index contributed by atoms with van der Waals surface area (Å²) in [6.45, 7) is -0.624. The minimum Gasteiger partial charge on any atom is -0.462 e. The second-order valence-corrected chi connectivity index (χ2v) is 24.6. The smallest absolute Gasteiger partial charge is 0.306 e. The molecule has 38 nitrogen and oxygen atoms in total. The van der Waals surface area contributed by atoms with Crippen molar-refractivity contribution < 1.29 is 128 Å². The summed E-state index contributed by atoms with van der Waals surface area (Å²) in [6.07, 6.45) is -32.0. The number of aliphatic hydroxyl groups is 13. The molecule has 2 aromatic rings. The van der Waals surface area contributed by atoms with E-state index in [2.05, 4.69) is 47.2 Å². The van der Waals surface area contributed by atoms with Gasteiger partial charge in [0, 0.05) is 18.8 Å². The first kappa shape index (κ1) is 75.2. The van der Waals surface area contributed by atoms with Gasteiger partial charge in [0.1, 0.15) is 115 Å². The number of guanidine groups is 2. The van der Waals surface area contributed by atoms with Gasteiger partial charge in [0.05, 0.1) is 58.1 Å². The van der Waals surface area contributed by atoms with Gasteiger partial charge in [-0.05, 0) is 29.2 Å². The van der Waals surface area contributed by atoms with Crippen molar-refractivity contribution in [1.29, 1.82) is 0 Å². The Balaban J connectivity index is 1.10. The average Bonchev–Trinajstić information content (AvgIpc) is 1.73. The molecule has 6 aliphatic heterocycles. The normalized spacial score (nSPS) is 35.9. The predicted octanol–water partition coefficient (Wildman–Crippen LogP) is -12.0. The first-order valence-corrected chi connectivity index (χ1v) is 31.2. The van der Waals surface area contributed by atoms with Crippen LogP contribution in [0.1, 0.15) is 44.2 Å². The van der Waals surface area contributed by atoms with Gasteiger partial charge in [0.25, 0.3) is 0 Å². The van der Waals surface area contributed by atoms with Gasteiger partial charge in [0.15, 0.2) is 30.5 Å². The number of ether oxygens (including phenoxy) is 6. The fourth-order valence-corrected chi connectivity index (χ4v) is 11.8. The van der Waals surface area contributed by atoms with Gasteiger partial charge in [-0.3, -0.25) is 43.5 Å². The van der Waals surface area contributed by atoms with Crippen LogP contribution in [-0.4, -0.2) is 317 Å². The number of nitrogens with one attached hydrogen (secondary N) is 7. The van der Waals surface area contributed by atoms with Crippen LogP contribution >= 0.6 is 0 Å². The molecule has 0 aliphatic carbocycles. The minimum absolute atomic E-state index is 0.0869. The highest BCUT2D eigenvalue weighted by Gasteiger charge is 2.55. The number of aliphatic imine (C=N–C) groups is 2. The van der Waals surface area contributed by atoms with Crippen LogP contribution in [0.15, 0.2) is 64.6 Å². The van der Waals surface area contributed by atoms with Crippen molar-refractivity contribution in [3.8, 4) is 5.75 Å². The molecular weight excluding hydrogens is 1290 g/mol. The Kier molecular flexibility index (Phi) is 25.8. The molecule has 25 atom stereocenters. The van der Waals surface area contributed by atoms with E-state index in [-0.39, 0.29) is 36.2 Å². The van der Waals surface area contributed by atoms with Crippen molar-refractivity contribution in [3.05, 3.63) is 65.7 Å². The van der Waals surface area contributed by atoms with Gasteiger partial charge in [-0.1, -0.05) is 63.2 Å². The molecule has 6 aliphatic rings. The molecule has 6 heterocycles. The molecule has 0 unspecified atom stereocenters. The number of carbonyl (C=O) groups is 7. The molecule has 24 N–H and O–H groups in total. The number of esters is 1. The number of nitrogens with zero attached hydrogens (tertiary/aromatic N) is 3. The summed E-state index contributed by atoms with van der Waals surface area (Å²) in [4.78, 5) is 109. The van der Waals surface area contributed by atoms with E-state index in [1.807, 2.05) is 0 Å². The van der Waals surface area contributed by atoms with Crippen LogP contribution in [0.25, 0.3) is 0 Å². The maximum atomic E-state index is 15.2. The largest absolute Gasteiger partial charge is 0.462 e. The molecule has 97 heavy (non-hydrogen) atoms. The maximum Gasteiger partial charge on any atom is 0.306 e. The van der Waals surface area contributed by atoms with Crippen LogP contribution in [0.2, 0.25) is 0 Å². The molecule has 0 bridgehead atoms. The quantitative estimate of drug-likeness (QED) is 0.0547. The molecule has 0 spiro atoms. The van der Waals surface area contributed by atoms with Gasteiger partial charge in [-0.2, -0.15) is 0 Å². The SMILES string of the molecule is CC(C)CC(=O)O[C@@H]1[C@@H](O[C@H]2[C@H](O)[C@H](O)[C@@H](Oc3ccc(C[C@H]4NC(=O)[C@H]([C@@H](C)c5ccccc5)NC(=O)CNC(=O)[C@H](CO)NC(=O)[C@@H]([C@@H](O)[C@@H]5CN=C(N)N5[C@H]5O[C@H](CO)[C@@H](O)[C@H](O)[C@@H]5O)NC(=O)[C@@H]([C@@H](O)[C@@H]5CN=C(N)N5)NC4=O)cc3)O[C@@H]2CO)O[C@H](CO)[C@@H](O)[C@@H]1O. The van der Waals surface area contributed by atoms with E-state index in [4.69, 9.17) is 39.9 Å². The van der Waals surface area contributed by atoms with Crippen molar-refractivity contribution in [3.63, 3.8) is 0 Å². The lowest BCUT2D eigenvalue weighted by atomic mass is 9.92. The molecule has 8 rings (SSSR count). The molecular formula is C59H86N12O26. The highest BCUT2D eigenvalue weighted by atomic mass is 16.7. The van der Waals surface area contributed by atoms with Crippen LogP contribution in [0.4, 0.5) is 0 Å². The zero-order valence-corrected chi connectivity index (χ0v) is 52.7. The Morgan fingerprint density at radius 2 is 1.19 bits per heavy atom. The van der Waals surface area contributed by atoms with Crippen LogP contribution < -0.4 is 53.4 Å². The number of aliphatic hydroxyl groups excluding tert-OH is 13. The van der Waals surface area contributed by atoms with Crippen LogP contribution in [0, 0.1) is 5.92 Å². The first-order valence-electron chi connectivity index (χ1n) is 31.2. The summed E-state index contributed by atoms with van der Waals surface area (Å²) < 4.78 is 34.4. The molecule has 4 fully saturated rings. The first-order chi connectivity index (χ1) is 46.1. The number of amides is 6. The lowest BCUT2D eigenvalue weighted by Crippen LogP contribution is -2.70. The Labute approximate surface area is 553 Å². The van der Waals surface area contributed by atoms with Crippen molar-refractivity contribution in [1.82, 2.24) is 42.1 Å².